The van der Waals surface area contributed by atoms with Gasteiger partial charge in [-0.05, 0) is 25.7 Å². The summed E-state index contributed by atoms with van der Waals surface area (Å²) in [5.41, 5.74) is -1.75. The van der Waals surface area contributed by atoms with E-state index < -0.39 is 29.1 Å². The van der Waals surface area contributed by atoms with Crippen LogP contribution in [0, 0.1) is 11.8 Å². The highest BCUT2D eigenvalue weighted by atomic mass is 16.5. The maximum Gasteiger partial charge on any atom is 0.245 e. The van der Waals surface area contributed by atoms with E-state index in [0.717, 1.165) is 19.5 Å². The van der Waals surface area contributed by atoms with Crippen LogP contribution in [0.3, 0.4) is 0 Å². The van der Waals surface area contributed by atoms with Gasteiger partial charge in [0.05, 0.1) is 37.3 Å². The fourth-order valence-corrected chi connectivity index (χ4v) is 6.38. The molecule has 2 unspecified atom stereocenters. The van der Waals surface area contributed by atoms with Gasteiger partial charge in [-0.25, -0.2) is 0 Å². The number of nitrogens with zero attached hydrogens (tertiary/aromatic N) is 2. The summed E-state index contributed by atoms with van der Waals surface area (Å²) in [7, 11) is 0. The zero-order valence-electron chi connectivity index (χ0n) is 19.8. The van der Waals surface area contributed by atoms with Crippen molar-refractivity contribution >= 4 is 17.7 Å². The zero-order valence-corrected chi connectivity index (χ0v) is 19.8. The molecule has 0 saturated carbocycles. The molecule has 3 amide bonds. The van der Waals surface area contributed by atoms with Crippen LogP contribution >= 0.6 is 0 Å². The predicted molar refractivity (Wildman–Crippen MR) is 119 cm³/mol. The van der Waals surface area contributed by atoms with Gasteiger partial charge in [0, 0.05) is 39.3 Å². The molecular weight excluding hydrogens is 428 g/mol. The van der Waals surface area contributed by atoms with Gasteiger partial charge in [-0.15, -0.1) is 0 Å². The molecule has 4 heterocycles. The third kappa shape index (κ3) is 4.05. The Morgan fingerprint density at radius 2 is 1.82 bits per heavy atom. The Hall–Kier alpha value is -1.75. The van der Waals surface area contributed by atoms with E-state index in [9.17, 15) is 19.5 Å². The molecule has 1 spiro atoms. The number of morpholine rings is 1. The monoisotopic (exact) mass is 466 g/mol. The smallest absolute Gasteiger partial charge is 0.245 e. The van der Waals surface area contributed by atoms with Crippen molar-refractivity contribution < 1.29 is 29.0 Å². The van der Waals surface area contributed by atoms with Crippen molar-refractivity contribution in [1.29, 1.82) is 0 Å². The van der Waals surface area contributed by atoms with Gasteiger partial charge in [0.25, 0.3) is 0 Å². The molecule has 3 N–H and O–H groups in total. The first-order chi connectivity index (χ1) is 15.9. The summed E-state index contributed by atoms with van der Waals surface area (Å²) in [5.74, 6) is -2.03. The maximum absolute atomic E-state index is 13.6. The topological polar surface area (TPSA) is 120 Å². The van der Waals surface area contributed by atoms with Gasteiger partial charge >= 0.3 is 0 Å². The molecule has 4 aliphatic rings. The van der Waals surface area contributed by atoms with Crippen LogP contribution in [0.1, 0.15) is 39.5 Å². The molecule has 4 fully saturated rings. The molecule has 186 valence electrons. The van der Waals surface area contributed by atoms with Crippen LogP contribution in [0.15, 0.2) is 0 Å². The summed E-state index contributed by atoms with van der Waals surface area (Å²) in [6, 6.07) is -0.843. The van der Waals surface area contributed by atoms with Gasteiger partial charge in [-0.3, -0.25) is 19.3 Å². The van der Waals surface area contributed by atoms with E-state index in [-0.39, 0.29) is 30.9 Å². The van der Waals surface area contributed by atoms with E-state index in [4.69, 9.17) is 9.47 Å². The number of ether oxygens (including phenoxy) is 2. The van der Waals surface area contributed by atoms with Crippen molar-refractivity contribution in [3.63, 3.8) is 0 Å². The van der Waals surface area contributed by atoms with Crippen LogP contribution in [-0.4, -0.2) is 109 Å². The minimum Gasteiger partial charge on any atom is -0.395 e. The Bertz CT molecular complexity index is 759. The number of likely N-dealkylation sites (tertiary alicyclic amines) is 1. The summed E-state index contributed by atoms with van der Waals surface area (Å²) in [4.78, 5) is 43.9. The van der Waals surface area contributed by atoms with E-state index in [1.807, 2.05) is 13.8 Å². The first-order valence-electron chi connectivity index (χ1n) is 12.4. The highest BCUT2D eigenvalue weighted by molar-refractivity contribution is 5.99. The van der Waals surface area contributed by atoms with Crippen LogP contribution in [-0.2, 0) is 23.9 Å². The number of amides is 3. The number of nitrogens with one attached hydrogen (secondary N) is 2. The van der Waals surface area contributed by atoms with Crippen molar-refractivity contribution in [2.24, 2.45) is 11.8 Å². The average Bonchev–Trinajstić information content (AvgIpc) is 3.42. The summed E-state index contributed by atoms with van der Waals surface area (Å²) in [6.07, 6.45) is 2.60. The molecule has 33 heavy (non-hydrogen) atoms. The van der Waals surface area contributed by atoms with Gasteiger partial charge in [0.1, 0.15) is 11.6 Å². The third-order valence-corrected chi connectivity index (χ3v) is 7.93. The van der Waals surface area contributed by atoms with Crippen molar-refractivity contribution in [3.8, 4) is 0 Å². The van der Waals surface area contributed by atoms with Gasteiger partial charge in [0.15, 0.2) is 0 Å². The molecule has 2 bridgehead atoms. The Morgan fingerprint density at radius 1 is 1.09 bits per heavy atom. The molecule has 0 aromatic heterocycles. The van der Waals surface area contributed by atoms with Gasteiger partial charge in [-0.2, -0.15) is 0 Å². The standard InChI is InChI=1S/C23H38N4O6/c1-3-7-24-19(29)16-17-21(31)27(10-13-28)18(23(17)6-5-22(16,4-2)33-23)20(30)25-8-9-26-11-14-32-15-12-26/h16-18,28H,3-15H2,1-2H3,(H,24,29)(H,25,30)/t16-,17+,18?,22+,23?/m1/s1. The number of aliphatic hydroxyl groups is 1. The summed E-state index contributed by atoms with van der Waals surface area (Å²) >= 11 is 0. The molecule has 10 heteroatoms. The Labute approximate surface area is 195 Å². The fourth-order valence-electron chi connectivity index (χ4n) is 6.38. The second-order valence-corrected chi connectivity index (χ2v) is 9.62. The van der Waals surface area contributed by atoms with Crippen LogP contribution in [0.25, 0.3) is 0 Å². The number of hydrogen-bond donors (Lipinski definition) is 3. The highest BCUT2D eigenvalue weighted by Gasteiger charge is 2.78. The van der Waals surface area contributed by atoms with E-state index in [1.54, 1.807) is 0 Å². The number of hydrogen-bond acceptors (Lipinski definition) is 7. The molecule has 5 atom stereocenters. The maximum atomic E-state index is 13.6. The Morgan fingerprint density at radius 3 is 2.48 bits per heavy atom. The number of rotatable bonds is 10. The van der Waals surface area contributed by atoms with Gasteiger partial charge < -0.3 is 30.1 Å². The van der Waals surface area contributed by atoms with E-state index >= 15 is 0 Å². The van der Waals surface area contributed by atoms with Gasteiger partial charge in [-0.1, -0.05) is 13.8 Å². The van der Waals surface area contributed by atoms with E-state index in [0.29, 0.717) is 52.1 Å². The highest BCUT2D eigenvalue weighted by Crippen LogP contribution is 2.64. The van der Waals surface area contributed by atoms with Crippen molar-refractivity contribution in [2.75, 3.05) is 59.1 Å². The molecular formula is C23H38N4O6. The minimum atomic E-state index is -1.03. The molecule has 10 nitrogen and oxygen atoms in total. The van der Waals surface area contributed by atoms with Crippen molar-refractivity contribution in [3.05, 3.63) is 0 Å². The Balaban J connectivity index is 1.56. The van der Waals surface area contributed by atoms with Gasteiger partial charge in [0.2, 0.25) is 17.7 Å². The lowest BCUT2D eigenvalue weighted by atomic mass is 9.65. The largest absolute Gasteiger partial charge is 0.395 e. The second-order valence-electron chi connectivity index (χ2n) is 9.62. The number of aliphatic hydroxyl groups excluding tert-OH is 1. The van der Waals surface area contributed by atoms with Crippen molar-refractivity contribution in [1.82, 2.24) is 20.4 Å². The van der Waals surface area contributed by atoms with Crippen LogP contribution in [0.5, 0.6) is 0 Å². The lowest BCUT2D eigenvalue weighted by molar-refractivity contribution is -0.148. The number of carbonyl (C=O) groups is 3. The molecule has 4 aliphatic heterocycles. The SMILES string of the molecule is CCCNC(=O)[C@H]1[C@H]2C(=O)N(CCO)C(C(=O)NCCN3CCOCC3)C23CC[C@]1(CC)O3. The molecule has 0 aromatic carbocycles. The lowest BCUT2D eigenvalue weighted by Gasteiger charge is -2.33. The average molecular weight is 467 g/mol. The molecule has 0 radical (unpaired) electrons. The fraction of sp³-hybridized carbons (Fsp3) is 0.870. The normalized spacial score (nSPS) is 35.7. The lowest BCUT2D eigenvalue weighted by Crippen LogP contribution is -2.56. The first-order valence-corrected chi connectivity index (χ1v) is 12.4. The van der Waals surface area contributed by atoms with Crippen LogP contribution in [0.2, 0.25) is 0 Å². The van der Waals surface area contributed by atoms with E-state index in [2.05, 4.69) is 15.5 Å². The molecule has 0 aromatic rings. The molecule has 0 aliphatic carbocycles. The second kappa shape index (κ2) is 9.85. The first kappa shape index (κ1) is 24.4. The third-order valence-electron chi connectivity index (χ3n) is 7.93. The summed E-state index contributed by atoms with van der Waals surface area (Å²) in [5, 5.41) is 15.6. The minimum absolute atomic E-state index is 0.0460. The quantitative estimate of drug-likeness (QED) is 0.382. The zero-order chi connectivity index (χ0) is 23.6. The van der Waals surface area contributed by atoms with E-state index in [1.165, 1.54) is 4.90 Å². The van der Waals surface area contributed by atoms with Crippen LogP contribution in [0.4, 0.5) is 0 Å². The number of carbonyl (C=O) groups excluding carboxylic acids is 3. The molecule has 4 saturated heterocycles. The predicted octanol–water partition coefficient (Wildman–Crippen LogP) is -0.892. The number of β-amino-alcohol motifs (C(OH)–C–C–N with tert-alkyl or cyclic N) is 1. The summed E-state index contributed by atoms with van der Waals surface area (Å²) < 4.78 is 12.0. The van der Waals surface area contributed by atoms with Crippen LogP contribution < -0.4 is 10.6 Å². The Kier molecular flexibility index (Phi) is 7.28. The van der Waals surface area contributed by atoms with Crippen molar-refractivity contribution in [2.45, 2.75) is 56.8 Å². The number of fused-ring (bicyclic) bond motifs is 1. The molecule has 4 rings (SSSR count). The summed E-state index contributed by atoms with van der Waals surface area (Å²) in [6.45, 7) is 8.49.